The van der Waals surface area contributed by atoms with Crippen molar-refractivity contribution in [3.8, 4) is 0 Å². The molecule has 8 nitrogen and oxygen atoms in total. The number of likely N-dealkylation sites (N-methyl/N-ethyl adjacent to an activating group) is 1. The molecule has 0 radical (unpaired) electrons. The fourth-order valence-electron chi connectivity index (χ4n) is 4.94. The molecule has 1 aromatic carbocycles. The summed E-state index contributed by atoms with van der Waals surface area (Å²) in [5.74, 6) is 0.166. The third-order valence-corrected chi connectivity index (χ3v) is 6.88. The molecule has 0 N–H and O–H groups in total. The molecule has 33 heavy (non-hydrogen) atoms. The zero-order valence-corrected chi connectivity index (χ0v) is 20.2. The van der Waals surface area contributed by atoms with Gasteiger partial charge in [-0.15, -0.1) is 0 Å². The molecule has 0 atom stereocenters. The Balaban J connectivity index is 1.46. The van der Waals surface area contributed by atoms with Gasteiger partial charge in [-0.05, 0) is 32.9 Å². The van der Waals surface area contributed by atoms with Gasteiger partial charge in [-0.2, -0.15) is 5.10 Å². The first-order chi connectivity index (χ1) is 16.0. The lowest BCUT2D eigenvalue weighted by Gasteiger charge is -2.36. The summed E-state index contributed by atoms with van der Waals surface area (Å²) in [5, 5.41) is 4.73. The van der Waals surface area contributed by atoms with Crippen molar-refractivity contribution in [3.05, 3.63) is 47.3 Å². The quantitative estimate of drug-likeness (QED) is 0.644. The van der Waals surface area contributed by atoms with Gasteiger partial charge >= 0.3 is 0 Å². The summed E-state index contributed by atoms with van der Waals surface area (Å²) < 4.78 is 1.98. The molecule has 1 fully saturated rings. The number of aromatic nitrogens is 2. The number of piperazine rings is 1. The van der Waals surface area contributed by atoms with Crippen LogP contribution in [0.15, 0.2) is 30.3 Å². The highest BCUT2D eigenvalue weighted by molar-refractivity contribution is 5.94. The Bertz CT molecular complexity index is 961. The first-order valence-corrected chi connectivity index (χ1v) is 12.2. The van der Waals surface area contributed by atoms with Crippen molar-refractivity contribution in [2.75, 3.05) is 57.3 Å². The van der Waals surface area contributed by atoms with Gasteiger partial charge in [0.2, 0.25) is 5.91 Å². The number of hydrogen-bond acceptors (Lipinski definition) is 5. The number of aryl methyl sites for hydroxylation is 1. The predicted molar refractivity (Wildman–Crippen MR) is 129 cm³/mol. The second-order valence-corrected chi connectivity index (χ2v) is 8.73. The molecule has 0 bridgehead atoms. The van der Waals surface area contributed by atoms with E-state index in [0.29, 0.717) is 31.9 Å². The van der Waals surface area contributed by atoms with Gasteiger partial charge in [-0.1, -0.05) is 18.2 Å². The van der Waals surface area contributed by atoms with E-state index in [0.717, 1.165) is 56.9 Å². The number of nitrogens with zero attached hydrogens (tertiary/aromatic N) is 6. The summed E-state index contributed by atoms with van der Waals surface area (Å²) >= 11 is 0. The lowest BCUT2D eigenvalue weighted by atomic mass is 10.0. The van der Waals surface area contributed by atoms with E-state index in [2.05, 4.69) is 28.9 Å². The highest BCUT2D eigenvalue weighted by atomic mass is 16.2. The van der Waals surface area contributed by atoms with Gasteiger partial charge in [-0.25, -0.2) is 0 Å². The van der Waals surface area contributed by atoms with E-state index in [9.17, 15) is 9.59 Å². The summed E-state index contributed by atoms with van der Waals surface area (Å²) in [6.07, 6.45) is 0.816. The lowest BCUT2D eigenvalue weighted by molar-refractivity contribution is -0.132. The van der Waals surface area contributed by atoms with Crippen molar-refractivity contribution in [1.29, 1.82) is 0 Å². The van der Waals surface area contributed by atoms with Crippen molar-refractivity contribution < 1.29 is 9.59 Å². The minimum absolute atomic E-state index is 0.0167. The highest BCUT2D eigenvalue weighted by Gasteiger charge is 2.32. The van der Waals surface area contributed by atoms with Crippen LogP contribution in [0.1, 0.15) is 42.5 Å². The minimum Gasteiger partial charge on any atom is -0.368 e. The van der Waals surface area contributed by atoms with Gasteiger partial charge in [0, 0.05) is 82.3 Å². The molecular weight excluding hydrogens is 416 g/mol. The number of rotatable bonds is 7. The Morgan fingerprint density at radius 1 is 0.970 bits per heavy atom. The normalized spacial score (nSPS) is 16.6. The molecule has 1 saturated heterocycles. The van der Waals surface area contributed by atoms with E-state index in [4.69, 9.17) is 5.10 Å². The highest BCUT2D eigenvalue weighted by Crippen LogP contribution is 2.25. The molecule has 0 spiro atoms. The van der Waals surface area contributed by atoms with Gasteiger partial charge < -0.3 is 14.7 Å². The van der Waals surface area contributed by atoms with E-state index in [-0.39, 0.29) is 11.8 Å². The number of carbonyl (C=O) groups is 2. The molecular formula is C25H36N6O2. The van der Waals surface area contributed by atoms with Crippen molar-refractivity contribution in [3.63, 3.8) is 0 Å². The molecule has 2 amide bonds. The topological polar surface area (TPSA) is 64.9 Å². The minimum atomic E-state index is 0.0167. The average molecular weight is 453 g/mol. The van der Waals surface area contributed by atoms with Crippen molar-refractivity contribution in [1.82, 2.24) is 24.5 Å². The Morgan fingerprint density at radius 3 is 2.30 bits per heavy atom. The van der Waals surface area contributed by atoms with Crippen LogP contribution in [0.25, 0.3) is 0 Å². The number of carbonyl (C=O) groups excluding carboxylic acids is 2. The molecule has 2 aliphatic heterocycles. The SMILES string of the molecule is CCN(CC)C(=O)CN1CCc2c(c(C(=O)N3CCN(c4ccccc4)CC3)nn2CC)C1. The lowest BCUT2D eigenvalue weighted by Crippen LogP contribution is -2.49. The second-order valence-electron chi connectivity index (χ2n) is 8.73. The van der Waals surface area contributed by atoms with E-state index < -0.39 is 0 Å². The standard InChI is InChI=1S/C25H36N6O2/c1-4-28(5-2)23(32)19-27-13-12-22-21(18-27)24(26-31(22)6-3)25(33)30-16-14-29(15-17-30)20-10-8-7-9-11-20/h7-11H,4-6,12-19H2,1-3H3. The second kappa shape index (κ2) is 10.4. The molecule has 0 aliphatic carbocycles. The number of para-hydroxylation sites is 1. The largest absolute Gasteiger partial charge is 0.368 e. The van der Waals surface area contributed by atoms with Crippen molar-refractivity contribution >= 4 is 17.5 Å². The summed E-state index contributed by atoms with van der Waals surface area (Å²) in [6.45, 7) is 13.1. The van der Waals surface area contributed by atoms with E-state index in [1.54, 1.807) is 0 Å². The van der Waals surface area contributed by atoms with E-state index >= 15 is 0 Å². The van der Waals surface area contributed by atoms with Crippen LogP contribution in [0.4, 0.5) is 5.69 Å². The van der Waals surface area contributed by atoms with E-state index in [1.165, 1.54) is 5.69 Å². The molecule has 2 aromatic rings. The molecule has 2 aliphatic rings. The third kappa shape index (κ3) is 4.90. The zero-order valence-electron chi connectivity index (χ0n) is 20.2. The number of fused-ring (bicyclic) bond motifs is 1. The fourth-order valence-corrected chi connectivity index (χ4v) is 4.94. The predicted octanol–water partition coefficient (Wildman–Crippen LogP) is 2.09. The Hall–Kier alpha value is -2.87. The van der Waals surface area contributed by atoms with Crippen LogP contribution >= 0.6 is 0 Å². The van der Waals surface area contributed by atoms with Crippen molar-refractivity contribution in [2.24, 2.45) is 0 Å². The molecule has 3 heterocycles. The molecule has 4 rings (SSSR count). The van der Waals surface area contributed by atoms with Crippen molar-refractivity contribution in [2.45, 2.75) is 40.3 Å². The third-order valence-electron chi connectivity index (χ3n) is 6.88. The number of hydrogen-bond donors (Lipinski definition) is 0. The Labute approximate surface area is 196 Å². The van der Waals surface area contributed by atoms with Crippen LogP contribution in [0.5, 0.6) is 0 Å². The number of benzene rings is 1. The van der Waals surface area contributed by atoms with Gasteiger partial charge in [0.05, 0.1) is 6.54 Å². The summed E-state index contributed by atoms with van der Waals surface area (Å²) in [6, 6.07) is 10.4. The van der Waals surface area contributed by atoms with Crippen LogP contribution in [-0.4, -0.2) is 88.7 Å². The summed E-state index contributed by atoms with van der Waals surface area (Å²) in [4.78, 5) is 34.4. The maximum Gasteiger partial charge on any atom is 0.274 e. The van der Waals surface area contributed by atoms with Crippen LogP contribution < -0.4 is 4.90 Å². The Kier molecular flexibility index (Phi) is 7.33. The molecule has 0 saturated carbocycles. The maximum atomic E-state index is 13.5. The molecule has 8 heteroatoms. The first kappa shape index (κ1) is 23.3. The fraction of sp³-hybridized carbons (Fsp3) is 0.560. The monoisotopic (exact) mass is 452 g/mol. The van der Waals surface area contributed by atoms with Gasteiger partial charge in [0.25, 0.3) is 5.91 Å². The smallest absolute Gasteiger partial charge is 0.274 e. The maximum absolute atomic E-state index is 13.5. The molecule has 0 unspecified atom stereocenters. The van der Waals surface area contributed by atoms with Gasteiger partial charge in [0.15, 0.2) is 5.69 Å². The van der Waals surface area contributed by atoms with E-state index in [1.807, 2.05) is 46.5 Å². The number of amides is 2. The molecule has 178 valence electrons. The first-order valence-electron chi connectivity index (χ1n) is 12.2. The van der Waals surface area contributed by atoms with Crippen LogP contribution in [-0.2, 0) is 24.3 Å². The van der Waals surface area contributed by atoms with Crippen LogP contribution in [0, 0.1) is 0 Å². The number of anilines is 1. The average Bonchev–Trinajstić information content (AvgIpc) is 3.23. The van der Waals surface area contributed by atoms with Crippen LogP contribution in [0.3, 0.4) is 0 Å². The van der Waals surface area contributed by atoms with Gasteiger partial charge in [0.1, 0.15) is 0 Å². The summed E-state index contributed by atoms with van der Waals surface area (Å²) in [5.41, 5.74) is 3.92. The zero-order chi connectivity index (χ0) is 23.4. The Morgan fingerprint density at radius 2 is 1.67 bits per heavy atom. The van der Waals surface area contributed by atoms with Gasteiger partial charge in [-0.3, -0.25) is 19.2 Å². The summed E-state index contributed by atoms with van der Waals surface area (Å²) in [7, 11) is 0. The molecule has 1 aromatic heterocycles. The van der Waals surface area contributed by atoms with Crippen LogP contribution in [0.2, 0.25) is 0 Å².